The fourth-order valence-electron chi connectivity index (χ4n) is 5.17. The molecule has 274 valence electrons. The zero-order valence-corrected chi connectivity index (χ0v) is 30.2. The van der Waals surface area contributed by atoms with Crippen molar-refractivity contribution >= 4 is 19.8 Å². The summed E-state index contributed by atoms with van der Waals surface area (Å²) in [6.45, 7) is 2.18. The van der Waals surface area contributed by atoms with Crippen molar-refractivity contribution in [2.45, 2.75) is 187 Å². The van der Waals surface area contributed by atoms with Gasteiger partial charge in [0, 0.05) is 12.8 Å². The first-order chi connectivity index (χ1) is 22.3. The summed E-state index contributed by atoms with van der Waals surface area (Å²) < 4.78 is 32.3. The van der Waals surface area contributed by atoms with Crippen molar-refractivity contribution in [1.29, 1.82) is 0 Å². The van der Waals surface area contributed by atoms with Gasteiger partial charge in [0.2, 0.25) is 0 Å². The van der Waals surface area contributed by atoms with Crippen molar-refractivity contribution in [1.82, 2.24) is 0 Å². The van der Waals surface area contributed by atoms with E-state index in [4.69, 9.17) is 18.5 Å². The third kappa shape index (κ3) is 30.3. The van der Waals surface area contributed by atoms with Gasteiger partial charge in [0.25, 0.3) is 0 Å². The van der Waals surface area contributed by atoms with Crippen LogP contribution in [0, 0.1) is 0 Å². The van der Waals surface area contributed by atoms with Crippen LogP contribution in [-0.2, 0) is 32.7 Å². The van der Waals surface area contributed by atoms with E-state index in [9.17, 15) is 29.3 Å². The van der Waals surface area contributed by atoms with Gasteiger partial charge in [-0.2, -0.15) is 0 Å². The van der Waals surface area contributed by atoms with Gasteiger partial charge in [-0.25, -0.2) is 4.57 Å². The van der Waals surface area contributed by atoms with Crippen molar-refractivity contribution in [2.75, 3.05) is 26.4 Å². The molecule has 0 aromatic rings. The lowest BCUT2D eigenvalue weighted by Crippen LogP contribution is -2.28. The largest absolute Gasteiger partial charge is 0.472 e. The van der Waals surface area contributed by atoms with E-state index in [-0.39, 0.29) is 12.8 Å². The quantitative estimate of drug-likeness (QED) is 0.0337. The van der Waals surface area contributed by atoms with Crippen LogP contribution in [0.4, 0.5) is 0 Å². The highest BCUT2D eigenvalue weighted by molar-refractivity contribution is 7.47. The van der Waals surface area contributed by atoms with Crippen LogP contribution < -0.4 is 0 Å². The van der Waals surface area contributed by atoms with Crippen LogP contribution >= 0.6 is 7.82 Å². The minimum absolute atomic E-state index is 0.197. The van der Waals surface area contributed by atoms with E-state index in [0.717, 1.165) is 38.5 Å². The smallest absolute Gasteiger partial charge is 0.457 e. The summed E-state index contributed by atoms with van der Waals surface area (Å²) in [5.74, 6) is -1.01. The molecule has 0 saturated heterocycles. The predicted molar refractivity (Wildman–Crippen MR) is 182 cm³/mol. The second-order valence-electron chi connectivity index (χ2n) is 12.6. The first-order valence-electron chi connectivity index (χ1n) is 18.5. The molecule has 0 aliphatic heterocycles. The Morgan fingerprint density at radius 2 is 0.761 bits per heavy atom. The highest BCUT2D eigenvalue weighted by Gasteiger charge is 2.27. The minimum Gasteiger partial charge on any atom is -0.457 e. The van der Waals surface area contributed by atoms with E-state index < -0.39 is 58.4 Å². The standard InChI is InChI=1S/C35H69O10P/c1-3-5-7-9-11-13-14-15-16-17-19-21-23-25-27-35(39)45-33(29-37)31-43-46(40,41)42-30-32(28-36)44-34(38)26-24-22-20-18-12-10-8-6-4-2/h32-33,36-37H,3-31H2,1-2H3,(H,40,41). The molecule has 0 radical (unpaired) electrons. The molecule has 0 aliphatic carbocycles. The zero-order chi connectivity index (χ0) is 34.1. The molecule has 0 aliphatic rings. The number of phosphoric acid groups is 1. The molecular weight excluding hydrogens is 611 g/mol. The molecule has 3 atom stereocenters. The molecule has 0 aromatic carbocycles. The number of phosphoric ester groups is 1. The molecule has 0 amide bonds. The molecule has 3 unspecified atom stereocenters. The topological polar surface area (TPSA) is 149 Å². The SMILES string of the molecule is CCCCCCCCCCCCCCCCC(=O)OC(CO)COP(=O)(O)OCC(CO)OC(=O)CCCCCCCCCCC. The van der Waals surface area contributed by atoms with Gasteiger partial charge < -0.3 is 24.6 Å². The maximum atomic E-state index is 12.3. The van der Waals surface area contributed by atoms with Gasteiger partial charge in [0.05, 0.1) is 26.4 Å². The lowest BCUT2D eigenvalue weighted by atomic mass is 10.0. The molecule has 0 fully saturated rings. The molecule has 0 aromatic heterocycles. The predicted octanol–water partition coefficient (Wildman–Crippen LogP) is 8.72. The number of carbonyl (C=O) groups excluding carboxylic acids is 2. The van der Waals surface area contributed by atoms with Gasteiger partial charge in [0.15, 0.2) is 0 Å². The van der Waals surface area contributed by atoms with Gasteiger partial charge in [-0.3, -0.25) is 18.6 Å². The number of hydrogen-bond donors (Lipinski definition) is 3. The second kappa shape index (κ2) is 32.5. The molecule has 0 bridgehead atoms. The molecule has 0 rings (SSSR count). The van der Waals surface area contributed by atoms with Crippen molar-refractivity contribution in [3.05, 3.63) is 0 Å². The fourth-order valence-corrected chi connectivity index (χ4v) is 5.96. The van der Waals surface area contributed by atoms with Crippen molar-refractivity contribution in [3.8, 4) is 0 Å². The van der Waals surface area contributed by atoms with Gasteiger partial charge in [0.1, 0.15) is 12.2 Å². The van der Waals surface area contributed by atoms with Gasteiger partial charge in [-0.1, -0.05) is 149 Å². The summed E-state index contributed by atoms with van der Waals surface area (Å²) in [5.41, 5.74) is 0. The Labute approximate surface area is 280 Å². The zero-order valence-electron chi connectivity index (χ0n) is 29.3. The second-order valence-corrected chi connectivity index (χ2v) is 14.0. The van der Waals surface area contributed by atoms with Crippen LogP contribution in [0.5, 0.6) is 0 Å². The first-order valence-corrected chi connectivity index (χ1v) is 20.0. The van der Waals surface area contributed by atoms with Crippen LogP contribution in [-0.4, -0.2) is 65.7 Å². The first kappa shape index (κ1) is 45.0. The normalized spacial score (nSPS) is 14.1. The van der Waals surface area contributed by atoms with E-state index in [1.165, 1.54) is 96.3 Å². The van der Waals surface area contributed by atoms with Crippen LogP contribution in [0.1, 0.15) is 174 Å². The molecule has 0 saturated carbocycles. The van der Waals surface area contributed by atoms with E-state index in [1.54, 1.807) is 0 Å². The molecule has 46 heavy (non-hydrogen) atoms. The summed E-state index contributed by atoms with van der Waals surface area (Å²) in [6, 6.07) is 0. The Bertz CT molecular complexity index is 751. The van der Waals surface area contributed by atoms with E-state index in [2.05, 4.69) is 13.8 Å². The molecule has 11 heteroatoms. The average Bonchev–Trinajstić information content (AvgIpc) is 3.04. The number of aliphatic hydroxyl groups excluding tert-OH is 2. The van der Waals surface area contributed by atoms with Crippen LogP contribution in [0.25, 0.3) is 0 Å². The maximum Gasteiger partial charge on any atom is 0.472 e. The lowest BCUT2D eigenvalue weighted by Gasteiger charge is -2.20. The van der Waals surface area contributed by atoms with Gasteiger partial charge in [-0.05, 0) is 12.8 Å². The summed E-state index contributed by atoms with van der Waals surface area (Å²) in [5, 5.41) is 19.0. The molecule has 10 nitrogen and oxygen atoms in total. The molecular formula is C35H69O10P. The van der Waals surface area contributed by atoms with Gasteiger partial charge in [-0.15, -0.1) is 0 Å². The van der Waals surface area contributed by atoms with Crippen LogP contribution in [0.15, 0.2) is 0 Å². The fraction of sp³-hybridized carbons (Fsp3) is 0.943. The Balaban J connectivity index is 3.96. The number of ether oxygens (including phenoxy) is 2. The Morgan fingerprint density at radius 3 is 1.02 bits per heavy atom. The van der Waals surface area contributed by atoms with Gasteiger partial charge >= 0.3 is 19.8 Å². The summed E-state index contributed by atoms with van der Waals surface area (Å²) in [4.78, 5) is 34.2. The molecule has 0 heterocycles. The van der Waals surface area contributed by atoms with Crippen molar-refractivity contribution in [3.63, 3.8) is 0 Å². The highest BCUT2D eigenvalue weighted by atomic mass is 31.2. The highest BCUT2D eigenvalue weighted by Crippen LogP contribution is 2.43. The number of rotatable bonds is 35. The van der Waals surface area contributed by atoms with Crippen LogP contribution in [0.3, 0.4) is 0 Å². The van der Waals surface area contributed by atoms with E-state index in [1.807, 2.05) is 0 Å². The minimum atomic E-state index is -4.62. The van der Waals surface area contributed by atoms with Crippen molar-refractivity contribution in [2.24, 2.45) is 0 Å². The Kier molecular flexibility index (Phi) is 31.8. The monoisotopic (exact) mass is 680 g/mol. The summed E-state index contributed by atoms with van der Waals surface area (Å²) in [6.07, 6.45) is 25.2. The third-order valence-corrected chi connectivity index (χ3v) is 9.02. The number of hydrogen-bond acceptors (Lipinski definition) is 9. The number of carbonyl (C=O) groups is 2. The Hall–Kier alpha value is -1.03. The van der Waals surface area contributed by atoms with E-state index in [0.29, 0.717) is 12.8 Å². The number of unbranched alkanes of at least 4 members (excludes halogenated alkanes) is 21. The lowest BCUT2D eigenvalue weighted by molar-refractivity contribution is -0.153. The van der Waals surface area contributed by atoms with Crippen LogP contribution in [0.2, 0.25) is 0 Å². The third-order valence-electron chi connectivity index (χ3n) is 8.07. The molecule has 3 N–H and O–H groups in total. The average molecular weight is 681 g/mol. The Morgan fingerprint density at radius 1 is 0.500 bits per heavy atom. The molecule has 0 spiro atoms. The maximum absolute atomic E-state index is 12.3. The van der Waals surface area contributed by atoms with E-state index >= 15 is 0 Å². The summed E-state index contributed by atoms with van der Waals surface area (Å²) in [7, 11) is -4.62. The summed E-state index contributed by atoms with van der Waals surface area (Å²) >= 11 is 0. The number of esters is 2. The number of aliphatic hydroxyl groups is 2. The van der Waals surface area contributed by atoms with Crippen molar-refractivity contribution < 1.29 is 47.8 Å².